The van der Waals surface area contributed by atoms with Crippen molar-refractivity contribution in [1.82, 2.24) is 5.43 Å². The van der Waals surface area contributed by atoms with Gasteiger partial charge in [-0.25, -0.2) is 4.39 Å². The molecule has 0 spiro atoms. The minimum Gasteiger partial charge on any atom is -0.331 e. The number of hydrogen-bond acceptors (Lipinski definition) is 2. The third-order valence-electron chi connectivity index (χ3n) is 2.44. The van der Waals surface area contributed by atoms with Crippen LogP contribution in [0.3, 0.4) is 0 Å². The van der Waals surface area contributed by atoms with Gasteiger partial charge in [0.1, 0.15) is 5.82 Å². The third kappa shape index (κ3) is 4.22. The molecule has 0 fully saturated rings. The number of rotatable bonds is 3. The zero-order chi connectivity index (χ0) is 13.7. The number of benzene rings is 2. The van der Waals surface area contributed by atoms with Crippen LogP contribution in [0.25, 0.3) is 0 Å². The molecule has 2 aromatic carbocycles. The van der Waals surface area contributed by atoms with Crippen molar-refractivity contribution in [3.63, 3.8) is 0 Å². The Hall–Kier alpha value is -2.14. The molecule has 0 aliphatic heterocycles. The molecule has 3 N–H and O–H groups in total. The molecule has 2 rings (SSSR count). The van der Waals surface area contributed by atoms with Gasteiger partial charge in [0.25, 0.3) is 0 Å². The Morgan fingerprint density at radius 2 is 1.79 bits per heavy atom. The van der Waals surface area contributed by atoms with Crippen molar-refractivity contribution in [2.45, 2.75) is 6.92 Å². The predicted octanol–water partition coefficient (Wildman–Crippen LogP) is 3.45. The van der Waals surface area contributed by atoms with Gasteiger partial charge in [-0.1, -0.05) is 12.1 Å². The quantitative estimate of drug-likeness (QED) is 0.592. The molecular weight excluding hydrogens is 261 g/mol. The Labute approximate surface area is 116 Å². The molecule has 0 radical (unpaired) electrons. The van der Waals surface area contributed by atoms with Crippen LogP contribution >= 0.6 is 12.2 Å². The van der Waals surface area contributed by atoms with Gasteiger partial charge in [0.15, 0.2) is 5.11 Å². The maximum atomic E-state index is 12.7. The Morgan fingerprint density at radius 3 is 2.47 bits per heavy atom. The second kappa shape index (κ2) is 6.15. The van der Waals surface area contributed by atoms with E-state index in [0.29, 0.717) is 5.11 Å². The predicted molar refractivity (Wildman–Crippen MR) is 80.6 cm³/mol. The van der Waals surface area contributed by atoms with E-state index in [1.54, 1.807) is 12.1 Å². The van der Waals surface area contributed by atoms with E-state index >= 15 is 0 Å². The Balaban J connectivity index is 1.86. The first-order chi connectivity index (χ1) is 9.13. The second-order valence-electron chi connectivity index (χ2n) is 4.08. The summed E-state index contributed by atoms with van der Waals surface area (Å²) >= 11 is 5.12. The van der Waals surface area contributed by atoms with Crippen molar-refractivity contribution in [3.8, 4) is 0 Å². The van der Waals surface area contributed by atoms with Crippen molar-refractivity contribution >= 4 is 28.7 Å². The van der Waals surface area contributed by atoms with Crippen molar-refractivity contribution in [2.24, 2.45) is 0 Å². The molecule has 2 aromatic rings. The van der Waals surface area contributed by atoms with Crippen molar-refractivity contribution < 1.29 is 4.39 Å². The highest BCUT2D eigenvalue weighted by Gasteiger charge is 1.98. The number of aryl methyl sites for hydroxylation is 1. The van der Waals surface area contributed by atoms with Gasteiger partial charge in [-0.2, -0.15) is 0 Å². The summed E-state index contributed by atoms with van der Waals surface area (Å²) in [6.45, 7) is 2.01. The largest absolute Gasteiger partial charge is 0.331 e. The number of thiocarbonyl (C=S) groups is 1. The van der Waals surface area contributed by atoms with Gasteiger partial charge in [0.05, 0.1) is 5.69 Å². The summed E-state index contributed by atoms with van der Waals surface area (Å²) in [5.41, 5.74) is 8.66. The zero-order valence-electron chi connectivity index (χ0n) is 10.4. The Bertz CT molecular complexity index is 569. The van der Waals surface area contributed by atoms with Crippen LogP contribution in [0.1, 0.15) is 5.56 Å². The minimum absolute atomic E-state index is 0.276. The molecule has 0 heterocycles. The summed E-state index contributed by atoms with van der Waals surface area (Å²) < 4.78 is 12.7. The number of halogens is 1. The highest BCUT2D eigenvalue weighted by Crippen LogP contribution is 2.09. The fraction of sp³-hybridized carbons (Fsp3) is 0.0714. The molecule has 98 valence electrons. The van der Waals surface area contributed by atoms with Crippen LogP contribution < -0.4 is 16.2 Å². The van der Waals surface area contributed by atoms with Crippen LogP contribution in [0, 0.1) is 12.7 Å². The molecule has 0 saturated carbocycles. The molecule has 0 aromatic heterocycles. The average Bonchev–Trinajstić information content (AvgIpc) is 2.39. The monoisotopic (exact) mass is 275 g/mol. The number of hydrogen-bond donors (Lipinski definition) is 3. The summed E-state index contributed by atoms with van der Waals surface area (Å²) in [6, 6.07) is 13.9. The lowest BCUT2D eigenvalue weighted by molar-refractivity contribution is 0.628. The lowest BCUT2D eigenvalue weighted by Gasteiger charge is -2.12. The normalized spacial score (nSPS) is 9.79. The van der Waals surface area contributed by atoms with E-state index in [1.807, 2.05) is 31.2 Å². The van der Waals surface area contributed by atoms with E-state index in [9.17, 15) is 4.39 Å². The SMILES string of the molecule is Cc1cccc(NNC(=S)Nc2ccc(F)cc2)c1. The number of anilines is 2. The van der Waals surface area contributed by atoms with Gasteiger partial charge < -0.3 is 5.32 Å². The van der Waals surface area contributed by atoms with Crippen LogP contribution in [0.15, 0.2) is 48.5 Å². The van der Waals surface area contributed by atoms with E-state index in [1.165, 1.54) is 12.1 Å². The summed E-state index contributed by atoms with van der Waals surface area (Å²) in [6.07, 6.45) is 0. The minimum atomic E-state index is -0.276. The molecule has 5 heteroatoms. The fourth-order valence-corrected chi connectivity index (χ4v) is 1.72. The first kappa shape index (κ1) is 13.3. The Morgan fingerprint density at radius 1 is 1.05 bits per heavy atom. The van der Waals surface area contributed by atoms with Gasteiger partial charge in [0, 0.05) is 5.69 Å². The molecule has 0 bridgehead atoms. The summed E-state index contributed by atoms with van der Waals surface area (Å²) in [4.78, 5) is 0. The van der Waals surface area contributed by atoms with Gasteiger partial charge in [-0.05, 0) is 61.1 Å². The van der Waals surface area contributed by atoms with Crippen molar-refractivity contribution in [1.29, 1.82) is 0 Å². The van der Waals surface area contributed by atoms with Crippen LogP contribution in [-0.2, 0) is 0 Å². The van der Waals surface area contributed by atoms with Crippen molar-refractivity contribution in [3.05, 3.63) is 59.9 Å². The van der Waals surface area contributed by atoms with E-state index in [4.69, 9.17) is 12.2 Å². The molecule has 0 atom stereocenters. The van der Waals surface area contributed by atoms with E-state index in [0.717, 1.165) is 16.9 Å². The van der Waals surface area contributed by atoms with Crippen LogP contribution in [0.4, 0.5) is 15.8 Å². The van der Waals surface area contributed by atoms with Gasteiger partial charge in [0.2, 0.25) is 0 Å². The van der Waals surface area contributed by atoms with Crippen LogP contribution in [0.2, 0.25) is 0 Å². The maximum absolute atomic E-state index is 12.7. The Kier molecular flexibility index (Phi) is 4.30. The van der Waals surface area contributed by atoms with Gasteiger partial charge in [-0.15, -0.1) is 0 Å². The molecule has 0 unspecified atom stereocenters. The molecule has 19 heavy (non-hydrogen) atoms. The molecular formula is C14H14FN3S. The van der Waals surface area contributed by atoms with E-state index in [-0.39, 0.29) is 5.82 Å². The van der Waals surface area contributed by atoms with Gasteiger partial charge in [-0.3, -0.25) is 10.9 Å². The first-order valence-electron chi connectivity index (χ1n) is 5.79. The summed E-state index contributed by atoms with van der Waals surface area (Å²) in [5, 5.41) is 3.36. The molecule has 0 aliphatic rings. The maximum Gasteiger partial charge on any atom is 0.189 e. The lowest BCUT2D eigenvalue weighted by atomic mass is 10.2. The number of hydrazine groups is 1. The highest BCUT2D eigenvalue weighted by atomic mass is 32.1. The number of nitrogens with one attached hydrogen (secondary N) is 3. The molecule has 0 amide bonds. The van der Waals surface area contributed by atoms with Crippen LogP contribution in [-0.4, -0.2) is 5.11 Å². The summed E-state index contributed by atoms with van der Waals surface area (Å²) in [5.74, 6) is -0.276. The lowest BCUT2D eigenvalue weighted by Crippen LogP contribution is -2.33. The van der Waals surface area contributed by atoms with E-state index < -0.39 is 0 Å². The van der Waals surface area contributed by atoms with Crippen molar-refractivity contribution in [2.75, 3.05) is 10.7 Å². The highest BCUT2D eigenvalue weighted by molar-refractivity contribution is 7.80. The molecule has 0 aliphatic carbocycles. The average molecular weight is 275 g/mol. The standard InChI is InChI=1S/C14H14FN3S/c1-10-3-2-4-13(9-10)17-18-14(19)16-12-7-5-11(15)6-8-12/h2-9,17H,1H3,(H2,16,18,19). The summed E-state index contributed by atoms with van der Waals surface area (Å²) in [7, 11) is 0. The van der Waals surface area contributed by atoms with Gasteiger partial charge >= 0.3 is 0 Å². The zero-order valence-corrected chi connectivity index (χ0v) is 11.2. The first-order valence-corrected chi connectivity index (χ1v) is 6.19. The topological polar surface area (TPSA) is 36.1 Å². The smallest absolute Gasteiger partial charge is 0.189 e. The third-order valence-corrected chi connectivity index (χ3v) is 2.64. The molecule has 3 nitrogen and oxygen atoms in total. The second-order valence-corrected chi connectivity index (χ2v) is 4.49. The van der Waals surface area contributed by atoms with Crippen LogP contribution in [0.5, 0.6) is 0 Å². The molecule has 0 saturated heterocycles. The van der Waals surface area contributed by atoms with E-state index in [2.05, 4.69) is 16.2 Å². The fourth-order valence-electron chi connectivity index (χ4n) is 1.55.